The van der Waals surface area contributed by atoms with Crippen molar-refractivity contribution in [3.63, 3.8) is 0 Å². The quantitative estimate of drug-likeness (QED) is 0.526. The van der Waals surface area contributed by atoms with E-state index in [0.29, 0.717) is 0 Å². The van der Waals surface area contributed by atoms with Gasteiger partial charge in [-0.15, -0.1) is 0 Å². The molecule has 0 saturated carbocycles. The minimum Gasteiger partial charge on any atom is -0.0991 e. The molecule has 0 aliphatic heterocycles. The van der Waals surface area contributed by atoms with Crippen molar-refractivity contribution in [1.29, 1.82) is 0 Å². The number of hydrogen-bond acceptors (Lipinski definition) is 0. The molecule has 0 aromatic heterocycles. The molecular formula is C11H18. The lowest BCUT2D eigenvalue weighted by atomic mass is 9.86. The highest BCUT2D eigenvalue weighted by atomic mass is 14.2. The van der Waals surface area contributed by atoms with E-state index in [1.54, 1.807) is 6.08 Å². The first-order valence-electron chi connectivity index (χ1n) is 3.98. The van der Waals surface area contributed by atoms with Crippen LogP contribution in [0.25, 0.3) is 0 Å². The van der Waals surface area contributed by atoms with E-state index in [1.165, 1.54) is 5.57 Å². The fourth-order valence-corrected chi connectivity index (χ4v) is 0.951. The van der Waals surface area contributed by atoms with Gasteiger partial charge in [-0.3, -0.25) is 0 Å². The van der Waals surface area contributed by atoms with E-state index in [9.17, 15) is 0 Å². The van der Waals surface area contributed by atoms with Gasteiger partial charge in [0.15, 0.2) is 0 Å². The lowest BCUT2D eigenvalue weighted by Crippen LogP contribution is -2.06. The summed E-state index contributed by atoms with van der Waals surface area (Å²) in [5.41, 5.74) is 1.59. The number of allylic oxidation sites excluding steroid dienone is 5. The molecule has 0 atom stereocenters. The second-order valence-corrected chi connectivity index (χ2v) is 3.59. The van der Waals surface area contributed by atoms with E-state index < -0.39 is 0 Å². The van der Waals surface area contributed by atoms with Gasteiger partial charge in [0.05, 0.1) is 0 Å². The second kappa shape index (κ2) is 4.17. The van der Waals surface area contributed by atoms with Crippen molar-refractivity contribution in [2.24, 2.45) is 5.41 Å². The van der Waals surface area contributed by atoms with Crippen molar-refractivity contribution in [2.45, 2.75) is 27.7 Å². The third-order valence-corrected chi connectivity index (χ3v) is 1.59. The molecule has 0 aromatic rings. The van der Waals surface area contributed by atoms with Crippen molar-refractivity contribution >= 4 is 0 Å². The summed E-state index contributed by atoms with van der Waals surface area (Å²) in [6, 6.07) is 0. The molecule has 0 radical (unpaired) electrons. The minimum absolute atomic E-state index is 0.244. The molecule has 0 nitrogen and oxygen atoms in total. The summed E-state index contributed by atoms with van der Waals surface area (Å²) >= 11 is 0. The Morgan fingerprint density at radius 3 is 2.09 bits per heavy atom. The zero-order valence-electron chi connectivity index (χ0n) is 8.02. The highest BCUT2D eigenvalue weighted by Gasteiger charge is 2.12. The third-order valence-electron chi connectivity index (χ3n) is 1.59. The minimum atomic E-state index is 0.244. The molecule has 0 aromatic carbocycles. The summed E-state index contributed by atoms with van der Waals surface area (Å²) in [6.07, 6.45) is 8.02. The van der Waals surface area contributed by atoms with Crippen LogP contribution >= 0.6 is 0 Å². The lowest BCUT2D eigenvalue weighted by molar-refractivity contribution is 0.516. The van der Waals surface area contributed by atoms with Gasteiger partial charge in [0.25, 0.3) is 0 Å². The fourth-order valence-electron chi connectivity index (χ4n) is 0.951. The summed E-state index contributed by atoms with van der Waals surface area (Å²) in [4.78, 5) is 0. The molecule has 0 fully saturated rings. The van der Waals surface area contributed by atoms with E-state index in [4.69, 9.17) is 0 Å². The SMILES string of the molecule is C=C/C=C/C(=C/C)C(C)(C)C. The van der Waals surface area contributed by atoms with Crippen LogP contribution in [-0.4, -0.2) is 0 Å². The van der Waals surface area contributed by atoms with Crippen LogP contribution in [0, 0.1) is 5.41 Å². The normalized spacial score (nSPS) is 14.0. The van der Waals surface area contributed by atoms with Crippen molar-refractivity contribution in [2.75, 3.05) is 0 Å². The molecular weight excluding hydrogens is 132 g/mol. The largest absolute Gasteiger partial charge is 0.0991 e. The van der Waals surface area contributed by atoms with Crippen LogP contribution in [0.3, 0.4) is 0 Å². The molecule has 0 amide bonds. The van der Waals surface area contributed by atoms with Gasteiger partial charge in [0.1, 0.15) is 0 Å². The summed E-state index contributed by atoms with van der Waals surface area (Å²) in [7, 11) is 0. The summed E-state index contributed by atoms with van der Waals surface area (Å²) in [5, 5.41) is 0. The zero-order valence-corrected chi connectivity index (χ0v) is 8.02. The topological polar surface area (TPSA) is 0 Å². The Balaban J connectivity index is 4.45. The van der Waals surface area contributed by atoms with Crippen molar-refractivity contribution in [3.05, 3.63) is 36.5 Å². The molecule has 0 bridgehead atoms. The molecule has 0 heterocycles. The van der Waals surface area contributed by atoms with E-state index >= 15 is 0 Å². The predicted octanol–water partition coefficient (Wildman–Crippen LogP) is 3.72. The molecule has 0 aliphatic carbocycles. The molecule has 0 N–H and O–H groups in total. The van der Waals surface area contributed by atoms with E-state index in [-0.39, 0.29) is 5.41 Å². The lowest BCUT2D eigenvalue weighted by Gasteiger charge is -2.19. The highest BCUT2D eigenvalue weighted by molar-refractivity contribution is 5.26. The molecule has 0 rings (SSSR count). The molecule has 62 valence electrons. The summed E-state index contributed by atoms with van der Waals surface area (Å²) in [5.74, 6) is 0. The monoisotopic (exact) mass is 150 g/mol. The third kappa shape index (κ3) is 3.82. The first kappa shape index (κ1) is 10.2. The van der Waals surface area contributed by atoms with Gasteiger partial charge in [0, 0.05) is 0 Å². The van der Waals surface area contributed by atoms with Crippen LogP contribution in [0.15, 0.2) is 36.5 Å². The summed E-state index contributed by atoms with van der Waals surface area (Å²) < 4.78 is 0. The van der Waals surface area contributed by atoms with Gasteiger partial charge in [-0.2, -0.15) is 0 Å². The molecule has 11 heavy (non-hydrogen) atoms. The van der Waals surface area contributed by atoms with Crippen LogP contribution in [0.1, 0.15) is 27.7 Å². The van der Waals surface area contributed by atoms with Gasteiger partial charge < -0.3 is 0 Å². The Bertz CT molecular complexity index is 175. The van der Waals surface area contributed by atoms with Crippen LogP contribution in [0.2, 0.25) is 0 Å². The van der Waals surface area contributed by atoms with Gasteiger partial charge >= 0.3 is 0 Å². The maximum Gasteiger partial charge on any atom is -0.0135 e. The maximum absolute atomic E-state index is 3.63. The van der Waals surface area contributed by atoms with Crippen LogP contribution in [0.4, 0.5) is 0 Å². The van der Waals surface area contributed by atoms with Crippen molar-refractivity contribution in [1.82, 2.24) is 0 Å². The van der Waals surface area contributed by atoms with E-state index in [2.05, 4.69) is 46.4 Å². The summed E-state index contributed by atoms with van der Waals surface area (Å²) in [6.45, 7) is 12.3. The van der Waals surface area contributed by atoms with Gasteiger partial charge in [0.2, 0.25) is 0 Å². The van der Waals surface area contributed by atoms with Crippen LogP contribution in [-0.2, 0) is 0 Å². The Hall–Kier alpha value is -0.780. The Morgan fingerprint density at radius 1 is 1.27 bits per heavy atom. The Labute approximate surface area is 70.3 Å². The molecule has 0 aliphatic rings. The number of rotatable bonds is 2. The average molecular weight is 150 g/mol. The van der Waals surface area contributed by atoms with E-state index in [1.807, 2.05) is 6.08 Å². The average Bonchev–Trinajstić information content (AvgIpc) is 1.87. The zero-order chi connectivity index (χ0) is 8.91. The second-order valence-electron chi connectivity index (χ2n) is 3.59. The molecule has 0 heteroatoms. The highest BCUT2D eigenvalue weighted by Crippen LogP contribution is 2.25. The van der Waals surface area contributed by atoms with Gasteiger partial charge in [-0.25, -0.2) is 0 Å². The van der Waals surface area contributed by atoms with E-state index in [0.717, 1.165) is 0 Å². The fraction of sp³-hybridized carbons (Fsp3) is 0.455. The molecule has 0 saturated heterocycles. The first-order chi connectivity index (χ1) is 5.02. The molecule has 0 unspecified atom stereocenters. The standard InChI is InChI=1S/C11H18/c1-6-8-9-10(7-2)11(3,4)5/h6-9H,1H2,2-5H3/b9-8+,10-7-. The number of hydrogen-bond donors (Lipinski definition) is 0. The Kier molecular flexibility index (Phi) is 3.88. The molecule has 0 spiro atoms. The maximum atomic E-state index is 3.63. The van der Waals surface area contributed by atoms with Crippen LogP contribution in [0.5, 0.6) is 0 Å². The van der Waals surface area contributed by atoms with Crippen molar-refractivity contribution in [3.8, 4) is 0 Å². The van der Waals surface area contributed by atoms with Crippen molar-refractivity contribution < 1.29 is 0 Å². The van der Waals surface area contributed by atoms with Gasteiger partial charge in [-0.1, -0.05) is 51.7 Å². The van der Waals surface area contributed by atoms with Gasteiger partial charge in [-0.05, 0) is 17.9 Å². The predicted molar refractivity (Wildman–Crippen MR) is 52.5 cm³/mol. The smallest absolute Gasteiger partial charge is 0.0135 e. The van der Waals surface area contributed by atoms with Crippen LogP contribution < -0.4 is 0 Å². The first-order valence-corrected chi connectivity index (χ1v) is 3.98. The Morgan fingerprint density at radius 2 is 1.82 bits per heavy atom.